The van der Waals surface area contributed by atoms with E-state index in [1.165, 1.54) is 6.07 Å². The van der Waals surface area contributed by atoms with Crippen molar-refractivity contribution in [1.82, 2.24) is 4.72 Å². The predicted octanol–water partition coefficient (Wildman–Crippen LogP) is -1.07. The van der Waals surface area contributed by atoms with E-state index < -0.39 is 20.0 Å². The largest absolute Gasteiger partial charge is 0.370 e. The highest BCUT2D eigenvalue weighted by Crippen LogP contribution is 2.31. The van der Waals surface area contributed by atoms with Gasteiger partial charge < -0.3 is 5.32 Å². The van der Waals surface area contributed by atoms with E-state index in [4.69, 9.17) is 11.6 Å². The third kappa shape index (κ3) is 2.24. The topological polar surface area (TPSA) is 120 Å². The third-order valence-electron chi connectivity index (χ3n) is 2.20. The van der Waals surface area contributed by atoms with E-state index in [1.807, 2.05) is 0 Å². The molecule has 7 nitrogen and oxygen atoms in total. The number of hydrogen-bond donors (Lipinski definition) is 3. The molecule has 0 amide bonds. The number of rotatable bonds is 1. The van der Waals surface area contributed by atoms with Crippen molar-refractivity contribution in [2.45, 2.75) is 9.79 Å². The van der Waals surface area contributed by atoms with E-state index in [0.717, 1.165) is 6.07 Å². The Morgan fingerprint density at radius 3 is 2.59 bits per heavy atom. The van der Waals surface area contributed by atoms with Crippen molar-refractivity contribution in [2.24, 2.45) is 0 Å². The molecule has 0 saturated carbocycles. The van der Waals surface area contributed by atoms with Gasteiger partial charge in [0.15, 0.2) is 0 Å². The molecule has 0 radical (unpaired) electrons. The molecule has 10 heteroatoms. The molecule has 0 aliphatic carbocycles. The molecule has 0 atom stereocenters. The van der Waals surface area contributed by atoms with Crippen LogP contribution in [-0.4, -0.2) is 23.5 Å². The van der Waals surface area contributed by atoms with Crippen LogP contribution in [0.25, 0.3) is 0 Å². The van der Waals surface area contributed by atoms with Gasteiger partial charge in [-0.2, -0.15) is 13.1 Å². The maximum atomic E-state index is 11.7. The average molecular weight is 299 g/mol. The van der Waals surface area contributed by atoms with Crippen LogP contribution in [0.2, 0.25) is 5.02 Å². The molecule has 1 aliphatic heterocycles. The lowest BCUT2D eigenvalue weighted by Crippen LogP contribution is -2.56. The van der Waals surface area contributed by atoms with Crippen LogP contribution in [0, 0.1) is 0 Å². The molecule has 0 aromatic heterocycles. The lowest BCUT2D eigenvalue weighted by atomic mass is 10.3. The lowest BCUT2D eigenvalue weighted by molar-refractivity contribution is -0.164. The quantitative estimate of drug-likeness (QED) is 0.610. The van der Waals surface area contributed by atoms with Gasteiger partial charge in [0.1, 0.15) is 9.79 Å². The molecule has 5 N–H and O–H groups in total. The van der Waals surface area contributed by atoms with Crippen LogP contribution in [0.4, 0.5) is 5.69 Å². The van der Waals surface area contributed by atoms with Gasteiger partial charge in [-0.15, -0.1) is 0 Å². The summed E-state index contributed by atoms with van der Waals surface area (Å²) in [4.78, 5) is -0.470. The Balaban J connectivity index is 2.79. The van der Waals surface area contributed by atoms with Crippen LogP contribution in [0.3, 0.4) is 0 Å². The number of fused-ring (bicyclic) bond motifs is 1. The van der Waals surface area contributed by atoms with Crippen molar-refractivity contribution < 1.29 is 22.0 Å². The van der Waals surface area contributed by atoms with Crippen molar-refractivity contribution in [3.05, 3.63) is 17.2 Å². The van der Waals surface area contributed by atoms with Gasteiger partial charge in [0, 0.05) is 0 Å². The molecule has 1 aromatic carbocycles. The molecule has 1 heterocycles. The van der Waals surface area contributed by atoms with E-state index in [9.17, 15) is 16.8 Å². The molecule has 0 saturated heterocycles. The maximum absolute atomic E-state index is 11.7. The summed E-state index contributed by atoms with van der Waals surface area (Å²) in [5, 5.41) is 5.63. The minimum Gasteiger partial charge on any atom is -0.370 e. The van der Waals surface area contributed by atoms with Gasteiger partial charge in [-0.1, -0.05) is 11.6 Å². The number of hydrogen-bond acceptors (Lipinski definition) is 5. The zero-order chi connectivity index (χ0) is 12.8. The minimum atomic E-state index is -3.82. The fourth-order valence-corrected chi connectivity index (χ4v) is 3.79. The summed E-state index contributed by atoms with van der Waals surface area (Å²) in [5.41, 5.74) is 0.265. The van der Waals surface area contributed by atoms with Crippen LogP contribution in [0.1, 0.15) is 0 Å². The van der Waals surface area contributed by atoms with Gasteiger partial charge in [-0.05, 0) is 12.1 Å². The first kappa shape index (κ1) is 12.6. The highest BCUT2D eigenvalue weighted by Gasteiger charge is 2.28. The van der Waals surface area contributed by atoms with Crippen molar-refractivity contribution >= 4 is 37.3 Å². The monoisotopic (exact) mass is 298 g/mol. The second-order valence-corrected chi connectivity index (χ2v) is 7.21. The third-order valence-corrected chi connectivity index (χ3v) is 5.07. The SMILES string of the molecule is [NH3+]S(=O)(=O)c1cc2c(cc1Cl)NCNS2(=O)=O. The van der Waals surface area contributed by atoms with Gasteiger partial charge in [0.05, 0.1) is 17.4 Å². The molecular formula is C7H9ClN3O4S2+. The standard InChI is InChI=1S/C7H8ClN3O4S2/c8-4-1-5-7(2-6(4)16(9,12)13)17(14,15)11-3-10-5/h1-2,10-11H,3H2,(H2,9,12,13)/p+1. The zero-order valence-corrected chi connectivity index (χ0v) is 10.8. The Labute approximate surface area is 103 Å². The van der Waals surface area contributed by atoms with Gasteiger partial charge in [-0.3, -0.25) is 0 Å². The fourth-order valence-electron chi connectivity index (χ4n) is 1.44. The van der Waals surface area contributed by atoms with Gasteiger partial charge in [-0.25, -0.2) is 13.6 Å². The van der Waals surface area contributed by atoms with Crippen molar-refractivity contribution in [3.8, 4) is 0 Å². The van der Waals surface area contributed by atoms with Crippen molar-refractivity contribution in [3.63, 3.8) is 0 Å². The van der Waals surface area contributed by atoms with Crippen LogP contribution < -0.4 is 15.2 Å². The number of nitrogens with one attached hydrogen (secondary N) is 2. The summed E-state index contributed by atoms with van der Waals surface area (Å²) in [6, 6.07) is 2.25. The van der Waals surface area contributed by atoms with Crippen LogP contribution >= 0.6 is 11.6 Å². The maximum Gasteiger partial charge on any atom is 0.324 e. The fraction of sp³-hybridized carbons (Fsp3) is 0.143. The number of benzene rings is 1. The highest BCUT2D eigenvalue weighted by atomic mass is 35.5. The second kappa shape index (κ2) is 3.82. The van der Waals surface area contributed by atoms with E-state index in [2.05, 4.69) is 15.2 Å². The molecule has 94 valence electrons. The first-order chi connectivity index (χ1) is 7.72. The Morgan fingerprint density at radius 1 is 1.35 bits per heavy atom. The summed E-state index contributed by atoms with van der Waals surface area (Å²) >= 11 is 5.76. The van der Waals surface area contributed by atoms with Crippen LogP contribution in [0.15, 0.2) is 21.9 Å². The molecule has 1 aromatic rings. The van der Waals surface area contributed by atoms with Gasteiger partial charge in [0.2, 0.25) is 10.0 Å². The Hall–Kier alpha value is -0.870. The average Bonchev–Trinajstić information content (AvgIpc) is 2.13. The molecule has 1 aliphatic rings. The Bertz CT molecular complexity index is 683. The highest BCUT2D eigenvalue weighted by molar-refractivity contribution is 7.89. The molecule has 17 heavy (non-hydrogen) atoms. The summed E-state index contributed by atoms with van der Waals surface area (Å²) in [5.74, 6) is 0. The lowest BCUT2D eigenvalue weighted by Gasteiger charge is -2.19. The van der Waals surface area contributed by atoms with Gasteiger partial charge >= 0.3 is 10.0 Å². The second-order valence-electron chi connectivity index (χ2n) is 3.39. The van der Waals surface area contributed by atoms with Crippen LogP contribution in [-0.2, 0) is 20.0 Å². The molecular weight excluding hydrogens is 290 g/mol. The van der Waals surface area contributed by atoms with E-state index in [-0.39, 0.29) is 27.2 Å². The molecule has 0 bridgehead atoms. The van der Waals surface area contributed by atoms with Crippen molar-refractivity contribution in [2.75, 3.05) is 12.0 Å². The van der Waals surface area contributed by atoms with Gasteiger partial charge in [0.25, 0.3) is 0 Å². The summed E-state index contributed by atoms with van der Waals surface area (Å²) in [7, 11) is -7.52. The van der Waals surface area contributed by atoms with E-state index in [0.29, 0.717) is 0 Å². The Morgan fingerprint density at radius 2 is 2.00 bits per heavy atom. The first-order valence-corrected chi connectivity index (χ1v) is 7.88. The minimum absolute atomic E-state index is 0.0299. The summed E-state index contributed by atoms with van der Waals surface area (Å²) in [6.07, 6.45) is 0. The van der Waals surface area contributed by atoms with E-state index in [1.54, 1.807) is 0 Å². The normalized spacial score (nSPS) is 18.2. The number of halogens is 1. The number of quaternary nitrogens is 1. The number of sulfonamides is 2. The zero-order valence-electron chi connectivity index (χ0n) is 8.40. The van der Waals surface area contributed by atoms with Crippen molar-refractivity contribution in [1.29, 1.82) is 0 Å². The van der Waals surface area contributed by atoms with E-state index >= 15 is 0 Å². The first-order valence-electron chi connectivity index (χ1n) is 4.37. The molecule has 0 fully saturated rings. The Kier molecular flexibility index (Phi) is 2.83. The molecule has 0 unspecified atom stereocenters. The number of anilines is 1. The molecule has 0 spiro atoms. The summed E-state index contributed by atoms with van der Waals surface area (Å²) in [6.45, 7) is 0.0299. The van der Waals surface area contributed by atoms with Crippen LogP contribution in [0.5, 0.6) is 0 Å². The predicted molar refractivity (Wildman–Crippen MR) is 60.3 cm³/mol. The smallest absolute Gasteiger partial charge is 0.324 e. The molecule has 2 rings (SSSR count). The summed E-state index contributed by atoms with van der Waals surface area (Å²) < 4.78 is 48.2.